The normalized spacial score (nSPS) is 12.1. The number of para-hydroxylation sites is 4. The summed E-state index contributed by atoms with van der Waals surface area (Å²) in [5.41, 5.74) is 12.0. The van der Waals surface area contributed by atoms with Crippen LogP contribution in [0.15, 0.2) is 154 Å². The number of benzene rings is 9. The number of aryl methyl sites for hydroxylation is 1. The highest BCUT2D eigenvalue weighted by Gasteiger charge is 2.23. The first-order chi connectivity index (χ1) is 27.7. The van der Waals surface area contributed by atoms with Gasteiger partial charge < -0.3 is 13.6 Å². The third-order valence-electron chi connectivity index (χ3n) is 12.1. The van der Waals surface area contributed by atoms with Crippen LogP contribution in [0.25, 0.3) is 110 Å². The van der Waals surface area contributed by atoms with Crippen molar-refractivity contribution in [3.8, 4) is 39.1 Å². The smallest absolute Gasteiger partial charge is 0.143 e. The molecule has 0 saturated carbocycles. The molecule has 0 saturated heterocycles. The van der Waals surface area contributed by atoms with Crippen molar-refractivity contribution in [3.05, 3.63) is 151 Å². The Kier molecular flexibility index (Phi) is 7.63. The van der Waals surface area contributed by atoms with Crippen molar-refractivity contribution in [2.45, 2.75) is 39.0 Å². The highest BCUT2D eigenvalue weighted by Crippen LogP contribution is 2.49. The molecule has 11 rings (SSSR count). The molecule has 3 nitrogen and oxygen atoms in total. The van der Waals surface area contributed by atoms with E-state index in [0.717, 1.165) is 84.7 Å². The molecular weight excluding hydrogens is 685 g/mol. The maximum Gasteiger partial charge on any atom is 0.143 e. The Labute approximate surface area is 325 Å². The Hall–Kier alpha value is -6.58. The summed E-state index contributed by atoms with van der Waals surface area (Å²) in [5, 5.41) is 12.2. The van der Waals surface area contributed by atoms with E-state index in [1.807, 2.05) is 6.07 Å². The fourth-order valence-electron chi connectivity index (χ4n) is 9.39. The molecule has 0 fully saturated rings. The fourth-order valence-corrected chi connectivity index (χ4v) is 9.39. The molecular formula is C53H40O3. The van der Waals surface area contributed by atoms with Crippen LogP contribution in [0.4, 0.5) is 0 Å². The van der Waals surface area contributed by atoms with Gasteiger partial charge in [-0.15, -0.1) is 0 Å². The lowest BCUT2D eigenvalue weighted by molar-refractivity contribution is 0.415. The van der Waals surface area contributed by atoms with Crippen LogP contribution in [0.3, 0.4) is 0 Å². The molecule has 0 unspecified atom stereocenters. The number of furan rings is 2. The van der Waals surface area contributed by atoms with Gasteiger partial charge in [0, 0.05) is 32.7 Å². The summed E-state index contributed by atoms with van der Waals surface area (Å²) in [4.78, 5) is 0. The monoisotopic (exact) mass is 724 g/mol. The number of rotatable bonds is 9. The zero-order valence-electron chi connectivity index (χ0n) is 31.6. The minimum atomic E-state index is 0.843. The summed E-state index contributed by atoms with van der Waals surface area (Å²) in [7, 11) is 1.72. The van der Waals surface area contributed by atoms with E-state index in [1.54, 1.807) is 7.11 Å². The molecule has 0 aliphatic heterocycles. The highest BCUT2D eigenvalue weighted by atomic mass is 16.5. The first-order valence-corrected chi connectivity index (χ1v) is 19.9. The second-order valence-electron chi connectivity index (χ2n) is 15.2. The summed E-state index contributed by atoms with van der Waals surface area (Å²) in [6, 6.07) is 52.8. The molecule has 0 aliphatic carbocycles. The quantitative estimate of drug-likeness (QED) is 0.110. The second kappa shape index (κ2) is 13.0. The maximum atomic E-state index is 6.70. The second-order valence-corrected chi connectivity index (χ2v) is 15.2. The van der Waals surface area contributed by atoms with Crippen LogP contribution < -0.4 is 4.74 Å². The third-order valence-corrected chi connectivity index (χ3v) is 12.1. The predicted octanol–water partition coefficient (Wildman–Crippen LogP) is 15.5. The predicted molar refractivity (Wildman–Crippen MR) is 235 cm³/mol. The first kappa shape index (κ1) is 32.8. The molecule has 56 heavy (non-hydrogen) atoms. The fraction of sp³-hybridized carbons (Fsp3) is 0.132. The molecule has 0 bridgehead atoms. The van der Waals surface area contributed by atoms with Gasteiger partial charge in [-0.1, -0.05) is 135 Å². The summed E-state index contributed by atoms with van der Waals surface area (Å²) < 4.78 is 19.0. The van der Waals surface area contributed by atoms with Crippen LogP contribution in [-0.4, -0.2) is 7.11 Å². The van der Waals surface area contributed by atoms with Crippen molar-refractivity contribution in [2.24, 2.45) is 0 Å². The summed E-state index contributed by atoms with van der Waals surface area (Å²) in [6.45, 7) is 2.28. The van der Waals surface area contributed by atoms with Gasteiger partial charge in [0.2, 0.25) is 0 Å². The third kappa shape index (κ3) is 4.97. The SMILES string of the molecule is CCCCCCc1cc(-c2cccc3c2oc2ccccc23)c2ccc3c(-c4ccc(OC)cc4)cc(-c4cccc5c4oc4ccccc45)c4ccc1c2c34. The van der Waals surface area contributed by atoms with E-state index in [4.69, 9.17) is 13.6 Å². The van der Waals surface area contributed by atoms with Gasteiger partial charge in [-0.3, -0.25) is 0 Å². The first-order valence-electron chi connectivity index (χ1n) is 19.9. The number of hydrogen-bond donors (Lipinski definition) is 0. The van der Waals surface area contributed by atoms with Crippen LogP contribution in [0.5, 0.6) is 5.75 Å². The van der Waals surface area contributed by atoms with Gasteiger partial charge in [-0.05, 0) is 109 Å². The molecule has 0 atom stereocenters. The lowest BCUT2D eigenvalue weighted by Gasteiger charge is -2.21. The van der Waals surface area contributed by atoms with Crippen molar-refractivity contribution in [2.75, 3.05) is 7.11 Å². The molecule has 0 N–H and O–H groups in total. The topological polar surface area (TPSA) is 35.5 Å². The molecule has 11 aromatic rings. The Morgan fingerprint density at radius 1 is 0.429 bits per heavy atom. The van der Waals surface area contributed by atoms with Gasteiger partial charge in [0.25, 0.3) is 0 Å². The minimum absolute atomic E-state index is 0.843. The Morgan fingerprint density at radius 3 is 1.57 bits per heavy atom. The van der Waals surface area contributed by atoms with E-state index in [1.165, 1.54) is 68.3 Å². The average Bonchev–Trinajstić information content (AvgIpc) is 3.83. The summed E-state index contributed by atoms with van der Waals surface area (Å²) in [5.74, 6) is 0.843. The zero-order chi connectivity index (χ0) is 37.3. The standard InChI is InChI=1S/C53H40O3/c1-3-4-5-6-13-33-30-46(43-18-11-16-41-36-14-7-9-20-48(36)55-52(41)43)39-29-28-38-45(32-22-24-34(54-2)25-23-32)31-47(40-27-26-35(33)50(39)51(38)40)44-19-12-17-42-37-15-8-10-21-49(37)56-53(42)44/h7-12,14-31H,3-6,13H2,1-2H3. The van der Waals surface area contributed by atoms with E-state index in [9.17, 15) is 0 Å². The number of fused-ring (bicyclic) bond motifs is 6. The Bertz CT molecular complexity index is 3270. The molecule has 2 heterocycles. The average molecular weight is 725 g/mol. The van der Waals surface area contributed by atoms with Crippen molar-refractivity contribution in [3.63, 3.8) is 0 Å². The maximum absolute atomic E-state index is 6.70. The molecule has 0 aliphatic rings. The number of hydrogen-bond acceptors (Lipinski definition) is 3. The van der Waals surface area contributed by atoms with Crippen LogP contribution in [0.1, 0.15) is 38.2 Å². The van der Waals surface area contributed by atoms with E-state index in [-0.39, 0.29) is 0 Å². The van der Waals surface area contributed by atoms with Crippen LogP contribution in [-0.2, 0) is 6.42 Å². The van der Waals surface area contributed by atoms with Gasteiger partial charge in [-0.25, -0.2) is 0 Å². The van der Waals surface area contributed by atoms with Crippen molar-refractivity contribution >= 4 is 76.2 Å². The van der Waals surface area contributed by atoms with E-state index < -0.39 is 0 Å². The van der Waals surface area contributed by atoms with Crippen molar-refractivity contribution < 1.29 is 13.6 Å². The number of methoxy groups -OCH3 is 1. The number of unbranched alkanes of at least 4 members (excludes halogenated alkanes) is 3. The zero-order valence-corrected chi connectivity index (χ0v) is 31.6. The highest BCUT2D eigenvalue weighted by molar-refractivity contribution is 6.31. The van der Waals surface area contributed by atoms with Gasteiger partial charge in [0.15, 0.2) is 0 Å². The van der Waals surface area contributed by atoms with Crippen LogP contribution in [0.2, 0.25) is 0 Å². The largest absolute Gasteiger partial charge is 0.497 e. The Balaban J connectivity index is 1.27. The molecule has 0 amide bonds. The number of ether oxygens (including phenoxy) is 1. The summed E-state index contributed by atoms with van der Waals surface area (Å²) >= 11 is 0. The van der Waals surface area contributed by atoms with Gasteiger partial charge in [0.1, 0.15) is 28.1 Å². The molecule has 2 aromatic heterocycles. The lowest BCUT2D eigenvalue weighted by atomic mass is 9.82. The van der Waals surface area contributed by atoms with Crippen LogP contribution in [0, 0.1) is 0 Å². The molecule has 270 valence electrons. The van der Waals surface area contributed by atoms with Gasteiger partial charge in [-0.2, -0.15) is 0 Å². The van der Waals surface area contributed by atoms with Gasteiger partial charge in [0.05, 0.1) is 7.11 Å². The Morgan fingerprint density at radius 2 is 0.964 bits per heavy atom. The van der Waals surface area contributed by atoms with E-state index in [0.29, 0.717) is 0 Å². The van der Waals surface area contributed by atoms with E-state index >= 15 is 0 Å². The molecule has 3 heteroatoms. The molecule has 0 radical (unpaired) electrons. The molecule has 0 spiro atoms. The lowest BCUT2D eigenvalue weighted by Crippen LogP contribution is -1.96. The van der Waals surface area contributed by atoms with Gasteiger partial charge >= 0.3 is 0 Å². The summed E-state index contributed by atoms with van der Waals surface area (Å²) in [6.07, 6.45) is 5.86. The minimum Gasteiger partial charge on any atom is -0.497 e. The van der Waals surface area contributed by atoms with Crippen molar-refractivity contribution in [1.29, 1.82) is 0 Å². The van der Waals surface area contributed by atoms with Crippen molar-refractivity contribution in [1.82, 2.24) is 0 Å². The van der Waals surface area contributed by atoms with Crippen LogP contribution >= 0.6 is 0 Å². The van der Waals surface area contributed by atoms with E-state index in [2.05, 4.69) is 146 Å². The molecule has 9 aromatic carbocycles.